The van der Waals surface area contributed by atoms with Crippen molar-refractivity contribution in [3.8, 4) is 5.75 Å². The standard InChI is InChI=1S/C19H23NO2/c1-4-22-18-11-7-16(8-12-18)13-19(21)20-15(3)17-9-5-14(2)6-10-17/h5-12,15H,4,13H2,1-3H3,(H,20,21). The lowest BCUT2D eigenvalue weighted by molar-refractivity contribution is -0.121. The molecule has 1 amide bonds. The molecule has 0 radical (unpaired) electrons. The van der Waals surface area contributed by atoms with Crippen molar-refractivity contribution in [2.24, 2.45) is 0 Å². The molecule has 0 saturated heterocycles. The topological polar surface area (TPSA) is 38.3 Å². The Balaban J connectivity index is 1.90. The third-order valence-corrected chi connectivity index (χ3v) is 3.55. The van der Waals surface area contributed by atoms with Crippen LogP contribution in [0, 0.1) is 6.92 Å². The van der Waals surface area contributed by atoms with Crippen LogP contribution in [0.3, 0.4) is 0 Å². The van der Waals surface area contributed by atoms with Gasteiger partial charge in [0, 0.05) is 0 Å². The lowest BCUT2D eigenvalue weighted by Crippen LogP contribution is -2.28. The van der Waals surface area contributed by atoms with Crippen molar-refractivity contribution in [3.63, 3.8) is 0 Å². The van der Waals surface area contributed by atoms with Gasteiger partial charge in [-0.25, -0.2) is 0 Å². The van der Waals surface area contributed by atoms with E-state index in [1.54, 1.807) is 0 Å². The smallest absolute Gasteiger partial charge is 0.224 e. The Morgan fingerprint density at radius 3 is 2.32 bits per heavy atom. The second-order valence-corrected chi connectivity index (χ2v) is 5.45. The first-order chi connectivity index (χ1) is 10.6. The lowest BCUT2D eigenvalue weighted by atomic mass is 10.1. The molecule has 0 saturated carbocycles. The van der Waals surface area contributed by atoms with Gasteiger partial charge in [0.25, 0.3) is 0 Å². The van der Waals surface area contributed by atoms with Gasteiger partial charge in [-0.1, -0.05) is 42.0 Å². The minimum absolute atomic E-state index is 0.01000. The van der Waals surface area contributed by atoms with Gasteiger partial charge in [0.1, 0.15) is 5.75 Å². The number of aryl methyl sites for hydroxylation is 1. The van der Waals surface area contributed by atoms with Gasteiger partial charge in [-0.05, 0) is 44.0 Å². The fraction of sp³-hybridized carbons (Fsp3) is 0.316. The minimum atomic E-state index is 0.01000. The van der Waals surface area contributed by atoms with Crippen LogP contribution in [-0.2, 0) is 11.2 Å². The molecule has 116 valence electrons. The number of hydrogen-bond acceptors (Lipinski definition) is 2. The van der Waals surface area contributed by atoms with Crippen molar-refractivity contribution < 1.29 is 9.53 Å². The van der Waals surface area contributed by atoms with Crippen molar-refractivity contribution in [3.05, 3.63) is 65.2 Å². The molecule has 3 nitrogen and oxygen atoms in total. The number of ether oxygens (including phenoxy) is 1. The van der Waals surface area contributed by atoms with Gasteiger partial charge in [0.05, 0.1) is 19.1 Å². The largest absolute Gasteiger partial charge is 0.494 e. The van der Waals surface area contributed by atoms with Crippen LogP contribution in [0.5, 0.6) is 5.75 Å². The normalized spacial score (nSPS) is 11.8. The molecular weight excluding hydrogens is 274 g/mol. The van der Waals surface area contributed by atoms with E-state index in [1.165, 1.54) is 5.56 Å². The van der Waals surface area contributed by atoms with E-state index in [-0.39, 0.29) is 11.9 Å². The van der Waals surface area contributed by atoms with E-state index in [0.717, 1.165) is 16.9 Å². The lowest BCUT2D eigenvalue weighted by Gasteiger charge is -2.14. The molecule has 22 heavy (non-hydrogen) atoms. The molecule has 2 aromatic rings. The van der Waals surface area contributed by atoms with E-state index in [9.17, 15) is 4.79 Å². The first-order valence-corrected chi connectivity index (χ1v) is 7.66. The van der Waals surface area contributed by atoms with Gasteiger partial charge in [-0.3, -0.25) is 4.79 Å². The van der Waals surface area contributed by atoms with Crippen LogP contribution in [0.15, 0.2) is 48.5 Å². The maximum Gasteiger partial charge on any atom is 0.224 e. The van der Waals surface area contributed by atoms with E-state index in [4.69, 9.17) is 4.74 Å². The molecule has 0 bridgehead atoms. The van der Waals surface area contributed by atoms with Gasteiger partial charge in [0.2, 0.25) is 5.91 Å². The Morgan fingerprint density at radius 2 is 1.73 bits per heavy atom. The number of nitrogens with one attached hydrogen (secondary N) is 1. The average molecular weight is 297 g/mol. The highest BCUT2D eigenvalue weighted by atomic mass is 16.5. The molecule has 1 atom stereocenters. The number of benzene rings is 2. The highest BCUT2D eigenvalue weighted by Gasteiger charge is 2.10. The zero-order chi connectivity index (χ0) is 15.9. The third-order valence-electron chi connectivity index (χ3n) is 3.55. The number of hydrogen-bond donors (Lipinski definition) is 1. The molecule has 0 aliphatic heterocycles. The second kappa shape index (κ2) is 7.64. The fourth-order valence-electron chi connectivity index (χ4n) is 2.29. The van der Waals surface area contributed by atoms with Crippen molar-refractivity contribution in [2.75, 3.05) is 6.61 Å². The molecule has 0 heterocycles. The quantitative estimate of drug-likeness (QED) is 0.880. The number of carbonyl (C=O) groups is 1. The number of rotatable bonds is 6. The minimum Gasteiger partial charge on any atom is -0.494 e. The highest BCUT2D eigenvalue weighted by Crippen LogP contribution is 2.15. The van der Waals surface area contributed by atoms with Crippen LogP contribution in [0.25, 0.3) is 0 Å². The fourth-order valence-corrected chi connectivity index (χ4v) is 2.29. The predicted molar refractivity (Wildman–Crippen MR) is 89.1 cm³/mol. The average Bonchev–Trinajstić information content (AvgIpc) is 2.50. The third kappa shape index (κ3) is 4.62. The van der Waals surface area contributed by atoms with Crippen LogP contribution < -0.4 is 10.1 Å². The van der Waals surface area contributed by atoms with E-state index >= 15 is 0 Å². The van der Waals surface area contributed by atoms with Crippen molar-refractivity contribution >= 4 is 5.91 Å². The SMILES string of the molecule is CCOc1ccc(CC(=O)NC(C)c2ccc(C)cc2)cc1. The van der Waals surface area contributed by atoms with Crippen LogP contribution >= 0.6 is 0 Å². The first-order valence-electron chi connectivity index (χ1n) is 7.66. The van der Waals surface area contributed by atoms with Gasteiger partial charge < -0.3 is 10.1 Å². The molecular formula is C19H23NO2. The second-order valence-electron chi connectivity index (χ2n) is 5.45. The molecule has 1 N–H and O–H groups in total. The van der Waals surface area contributed by atoms with E-state index < -0.39 is 0 Å². The van der Waals surface area contributed by atoms with Gasteiger partial charge in [-0.2, -0.15) is 0 Å². The summed E-state index contributed by atoms with van der Waals surface area (Å²) < 4.78 is 5.40. The monoisotopic (exact) mass is 297 g/mol. The summed E-state index contributed by atoms with van der Waals surface area (Å²) in [6.07, 6.45) is 0.378. The van der Waals surface area contributed by atoms with Gasteiger partial charge in [-0.15, -0.1) is 0 Å². The van der Waals surface area contributed by atoms with Crippen LogP contribution in [-0.4, -0.2) is 12.5 Å². The van der Waals surface area contributed by atoms with Crippen LogP contribution in [0.1, 0.15) is 36.6 Å². The molecule has 2 aromatic carbocycles. The Kier molecular flexibility index (Phi) is 5.59. The molecule has 0 aliphatic carbocycles. The summed E-state index contributed by atoms with van der Waals surface area (Å²) in [5, 5.41) is 3.03. The predicted octanol–water partition coefficient (Wildman–Crippen LogP) is 3.81. The maximum absolute atomic E-state index is 12.1. The molecule has 2 rings (SSSR count). The van der Waals surface area contributed by atoms with E-state index in [0.29, 0.717) is 13.0 Å². The summed E-state index contributed by atoms with van der Waals surface area (Å²) in [5.41, 5.74) is 3.32. The highest BCUT2D eigenvalue weighted by molar-refractivity contribution is 5.79. The zero-order valence-corrected chi connectivity index (χ0v) is 13.4. The van der Waals surface area contributed by atoms with Gasteiger partial charge in [0.15, 0.2) is 0 Å². The summed E-state index contributed by atoms with van der Waals surface area (Å²) in [4.78, 5) is 12.1. The molecule has 0 aromatic heterocycles. The molecule has 1 unspecified atom stereocenters. The van der Waals surface area contributed by atoms with Crippen molar-refractivity contribution in [1.82, 2.24) is 5.32 Å². The summed E-state index contributed by atoms with van der Waals surface area (Å²) in [5.74, 6) is 0.858. The molecule has 0 spiro atoms. The summed E-state index contributed by atoms with van der Waals surface area (Å²) in [6.45, 7) is 6.65. The summed E-state index contributed by atoms with van der Waals surface area (Å²) in [6, 6.07) is 15.9. The Hall–Kier alpha value is -2.29. The zero-order valence-electron chi connectivity index (χ0n) is 13.4. The maximum atomic E-state index is 12.1. The first kappa shape index (κ1) is 16.1. The van der Waals surface area contributed by atoms with Crippen LogP contribution in [0.2, 0.25) is 0 Å². The summed E-state index contributed by atoms with van der Waals surface area (Å²) in [7, 11) is 0. The van der Waals surface area contributed by atoms with E-state index in [1.807, 2.05) is 38.1 Å². The summed E-state index contributed by atoms with van der Waals surface area (Å²) >= 11 is 0. The number of carbonyl (C=O) groups excluding carboxylic acids is 1. The molecule has 0 aliphatic rings. The molecule has 3 heteroatoms. The Labute approximate surface area is 132 Å². The van der Waals surface area contributed by atoms with Crippen molar-refractivity contribution in [2.45, 2.75) is 33.2 Å². The van der Waals surface area contributed by atoms with Crippen LogP contribution in [0.4, 0.5) is 0 Å². The Morgan fingerprint density at radius 1 is 1.09 bits per heavy atom. The van der Waals surface area contributed by atoms with Gasteiger partial charge >= 0.3 is 0 Å². The van der Waals surface area contributed by atoms with E-state index in [2.05, 4.69) is 36.5 Å². The Bertz CT molecular complexity index is 602. The molecule has 0 fully saturated rings. The number of amides is 1. The van der Waals surface area contributed by atoms with Crippen molar-refractivity contribution in [1.29, 1.82) is 0 Å².